The molecule has 0 fully saturated rings. The first-order chi connectivity index (χ1) is 6.68. The van der Waals surface area contributed by atoms with E-state index < -0.39 is 5.97 Å². The highest BCUT2D eigenvalue weighted by Gasteiger charge is 1.97. The molecular formula is C9H12N2O3. The lowest BCUT2D eigenvalue weighted by Gasteiger charge is -2.00. The van der Waals surface area contributed by atoms with Gasteiger partial charge >= 0.3 is 5.97 Å². The maximum Gasteiger partial charge on any atom is 0.328 e. The third-order valence-corrected chi connectivity index (χ3v) is 1.57. The van der Waals surface area contributed by atoms with Gasteiger partial charge in [-0.3, -0.25) is 0 Å². The van der Waals surface area contributed by atoms with Gasteiger partial charge < -0.3 is 14.9 Å². The van der Waals surface area contributed by atoms with E-state index in [1.165, 1.54) is 12.3 Å². The number of carboxylic acid groups (broad SMARTS) is 1. The standard InChI is InChI=1S/C9H12N2O3/c1-7(4-9(12)13)5-10-6-8-2-3-14-11-8/h2-4,10H,5-6H2,1H3,(H,12,13)/b7-4-. The van der Waals surface area contributed by atoms with Gasteiger partial charge in [0.25, 0.3) is 0 Å². The molecule has 2 N–H and O–H groups in total. The van der Waals surface area contributed by atoms with Gasteiger partial charge in [-0.15, -0.1) is 0 Å². The van der Waals surface area contributed by atoms with Crippen molar-refractivity contribution >= 4 is 5.97 Å². The molecule has 5 heteroatoms. The van der Waals surface area contributed by atoms with E-state index in [2.05, 4.69) is 15.0 Å². The predicted octanol–water partition coefficient (Wildman–Crippen LogP) is 0.795. The van der Waals surface area contributed by atoms with Crippen molar-refractivity contribution in [3.8, 4) is 0 Å². The molecule has 1 rings (SSSR count). The van der Waals surface area contributed by atoms with Crippen LogP contribution in [-0.4, -0.2) is 22.8 Å². The smallest absolute Gasteiger partial charge is 0.328 e. The summed E-state index contributed by atoms with van der Waals surface area (Å²) in [5, 5.41) is 15.2. The van der Waals surface area contributed by atoms with Crippen molar-refractivity contribution in [1.82, 2.24) is 10.5 Å². The van der Waals surface area contributed by atoms with Gasteiger partial charge in [-0.1, -0.05) is 10.7 Å². The molecule has 0 aliphatic carbocycles. The highest BCUT2D eigenvalue weighted by Crippen LogP contribution is 1.94. The molecule has 1 heterocycles. The number of nitrogens with zero attached hydrogens (tertiary/aromatic N) is 1. The summed E-state index contributed by atoms with van der Waals surface area (Å²) >= 11 is 0. The van der Waals surface area contributed by atoms with Crippen LogP contribution in [0.3, 0.4) is 0 Å². The van der Waals surface area contributed by atoms with E-state index in [1.54, 1.807) is 13.0 Å². The maximum absolute atomic E-state index is 10.3. The van der Waals surface area contributed by atoms with Crippen molar-refractivity contribution in [3.05, 3.63) is 29.7 Å². The van der Waals surface area contributed by atoms with Crippen molar-refractivity contribution in [3.63, 3.8) is 0 Å². The van der Waals surface area contributed by atoms with E-state index in [0.717, 1.165) is 11.3 Å². The molecule has 14 heavy (non-hydrogen) atoms. The summed E-state index contributed by atoms with van der Waals surface area (Å²) in [4.78, 5) is 10.3. The first kappa shape index (κ1) is 10.5. The fourth-order valence-corrected chi connectivity index (χ4v) is 0.978. The second-order valence-electron chi connectivity index (χ2n) is 2.92. The number of carbonyl (C=O) groups is 1. The van der Waals surface area contributed by atoms with Crippen LogP contribution >= 0.6 is 0 Å². The summed E-state index contributed by atoms with van der Waals surface area (Å²) in [6, 6.07) is 1.75. The number of hydrogen-bond donors (Lipinski definition) is 2. The zero-order valence-electron chi connectivity index (χ0n) is 7.86. The molecule has 5 nitrogen and oxygen atoms in total. The number of nitrogens with one attached hydrogen (secondary N) is 1. The van der Waals surface area contributed by atoms with Crippen LogP contribution in [0.25, 0.3) is 0 Å². The van der Waals surface area contributed by atoms with E-state index in [9.17, 15) is 4.79 Å². The van der Waals surface area contributed by atoms with Gasteiger partial charge in [0.1, 0.15) is 6.26 Å². The second-order valence-corrected chi connectivity index (χ2v) is 2.92. The van der Waals surface area contributed by atoms with Gasteiger partial charge in [0.2, 0.25) is 0 Å². The average Bonchev–Trinajstić information content (AvgIpc) is 2.55. The molecule has 0 radical (unpaired) electrons. The Morgan fingerprint density at radius 2 is 2.57 bits per heavy atom. The average molecular weight is 196 g/mol. The largest absolute Gasteiger partial charge is 0.478 e. The first-order valence-corrected chi connectivity index (χ1v) is 4.18. The van der Waals surface area contributed by atoms with Crippen LogP contribution < -0.4 is 5.32 Å². The van der Waals surface area contributed by atoms with Crippen LogP contribution in [0, 0.1) is 0 Å². The van der Waals surface area contributed by atoms with Crippen molar-refractivity contribution in [1.29, 1.82) is 0 Å². The summed E-state index contributed by atoms with van der Waals surface area (Å²) in [6.45, 7) is 2.85. The molecule has 0 atom stereocenters. The van der Waals surface area contributed by atoms with Crippen LogP contribution in [0.5, 0.6) is 0 Å². The van der Waals surface area contributed by atoms with Crippen molar-refractivity contribution in [2.75, 3.05) is 6.54 Å². The zero-order chi connectivity index (χ0) is 10.4. The van der Waals surface area contributed by atoms with E-state index in [4.69, 9.17) is 5.11 Å². The number of aromatic nitrogens is 1. The van der Waals surface area contributed by atoms with E-state index in [1.807, 2.05) is 0 Å². The first-order valence-electron chi connectivity index (χ1n) is 4.18. The van der Waals surface area contributed by atoms with Gasteiger partial charge in [0.05, 0.1) is 5.69 Å². The fourth-order valence-electron chi connectivity index (χ4n) is 0.978. The van der Waals surface area contributed by atoms with E-state index >= 15 is 0 Å². The van der Waals surface area contributed by atoms with Crippen LogP contribution in [0.2, 0.25) is 0 Å². The Balaban J connectivity index is 2.25. The number of carboxylic acids is 1. The molecule has 1 aromatic rings. The topological polar surface area (TPSA) is 75.4 Å². The lowest BCUT2D eigenvalue weighted by Crippen LogP contribution is -2.16. The minimum Gasteiger partial charge on any atom is -0.478 e. The Bertz CT molecular complexity index is 317. The third kappa shape index (κ3) is 3.86. The summed E-state index contributed by atoms with van der Waals surface area (Å²) < 4.78 is 4.64. The van der Waals surface area contributed by atoms with Crippen molar-refractivity contribution in [2.24, 2.45) is 0 Å². The Kier molecular flexibility index (Phi) is 3.87. The summed E-state index contributed by atoms with van der Waals surface area (Å²) in [5.41, 5.74) is 1.56. The zero-order valence-corrected chi connectivity index (χ0v) is 7.86. The molecule has 0 aromatic carbocycles. The molecule has 0 bridgehead atoms. The maximum atomic E-state index is 10.3. The van der Waals surface area contributed by atoms with E-state index in [0.29, 0.717) is 13.1 Å². The van der Waals surface area contributed by atoms with Crippen LogP contribution in [0.1, 0.15) is 12.6 Å². The number of rotatable bonds is 5. The van der Waals surface area contributed by atoms with E-state index in [-0.39, 0.29) is 0 Å². The predicted molar refractivity (Wildman–Crippen MR) is 49.6 cm³/mol. The van der Waals surface area contributed by atoms with Gasteiger partial charge in [0.15, 0.2) is 0 Å². The monoisotopic (exact) mass is 196 g/mol. The molecular weight excluding hydrogens is 184 g/mol. The molecule has 0 amide bonds. The van der Waals surface area contributed by atoms with Crippen molar-refractivity contribution in [2.45, 2.75) is 13.5 Å². The van der Waals surface area contributed by atoms with Gasteiger partial charge in [-0.2, -0.15) is 0 Å². The quantitative estimate of drug-likeness (QED) is 0.681. The summed E-state index contributed by atoms with van der Waals surface area (Å²) in [5.74, 6) is -0.925. The van der Waals surface area contributed by atoms with Crippen LogP contribution in [0.4, 0.5) is 0 Å². The van der Waals surface area contributed by atoms with Crippen LogP contribution in [-0.2, 0) is 11.3 Å². The molecule has 0 unspecified atom stereocenters. The number of aliphatic carboxylic acids is 1. The third-order valence-electron chi connectivity index (χ3n) is 1.57. The Hall–Kier alpha value is -1.62. The molecule has 0 saturated carbocycles. The highest BCUT2D eigenvalue weighted by molar-refractivity contribution is 5.80. The van der Waals surface area contributed by atoms with Crippen molar-refractivity contribution < 1.29 is 14.4 Å². The van der Waals surface area contributed by atoms with Gasteiger partial charge in [-0.05, 0) is 6.92 Å². The minimum absolute atomic E-state index is 0.527. The molecule has 0 aliphatic rings. The lowest BCUT2D eigenvalue weighted by molar-refractivity contribution is -0.131. The molecule has 0 aliphatic heterocycles. The lowest BCUT2D eigenvalue weighted by atomic mass is 10.3. The summed E-state index contributed by atoms with van der Waals surface area (Å²) in [7, 11) is 0. The van der Waals surface area contributed by atoms with Gasteiger partial charge in [0, 0.05) is 25.2 Å². The normalized spacial score (nSPS) is 11.6. The second kappa shape index (κ2) is 5.18. The molecule has 0 spiro atoms. The molecule has 76 valence electrons. The Morgan fingerprint density at radius 3 is 3.14 bits per heavy atom. The molecule has 1 aromatic heterocycles. The fraction of sp³-hybridized carbons (Fsp3) is 0.333. The minimum atomic E-state index is -0.925. The SMILES string of the molecule is C/C(=C/C(=O)O)CNCc1ccon1. The van der Waals surface area contributed by atoms with Gasteiger partial charge in [-0.25, -0.2) is 4.79 Å². The number of hydrogen-bond acceptors (Lipinski definition) is 4. The Morgan fingerprint density at radius 1 is 1.79 bits per heavy atom. The Labute approximate surface area is 81.4 Å². The molecule has 0 saturated heterocycles. The van der Waals surface area contributed by atoms with Crippen LogP contribution in [0.15, 0.2) is 28.5 Å². The highest BCUT2D eigenvalue weighted by atomic mass is 16.5. The summed E-state index contributed by atoms with van der Waals surface area (Å²) in [6.07, 6.45) is 2.67.